The van der Waals surface area contributed by atoms with Gasteiger partial charge in [-0.3, -0.25) is 4.79 Å². The Morgan fingerprint density at radius 3 is 2.57 bits per heavy atom. The fourth-order valence-electron chi connectivity index (χ4n) is 3.29. The molecule has 23 heavy (non-hydrogen) atoms. The lowest BCUT2D eigenvalue weighted by Gasteiger charge is -2.37. The molecule has 1 fully saturated rings. The number of hydrogen-bond acceptors (Lipinski definition) is 3. The van der Waals surface area contributed by atoms with E-state index >= 15 is 0 Å². The van der Waals surface area contributed by atoms with Gasteiger partial charge in [-0.25, -0.2) is 0 Å². The summed E-state index contributed by atoms with van der Waals surface area (Å²) >= 11 is 0. The minimum atomic E-state index is 0.0694. The second-order valence-electron chi connectivity index (χ2n) is 6.75. The van der Waals surface area contributed by atoms with E-state index < -0.39 is 0 Å². The standard InChI is InChI=1S/C19H31N3O/c1-4-8-19(23)20-18(16-9-6-5-7-10-16)15-22(3)17-11-13-21(2)14-12-17/h5-7,9-10,17-18H,4,8,11-15H2,1-3H3,(H,20,23)/t18-/m0/s1. The van der Waals surface area contributed by atoms with Crippen molar-refractivity contribution >= 4 is 5.91 Å². The first-order valence-corrected chi connectivity index (χ1v) is 8.83. The molecule has 1 saturated heterocycles. The molecule has 0 aromatic heterocycles. The molecule has 0 unspecified atom stereocenters. The van der Waals surface area contributed by atoms with Crippen LogP contribution in [0, 0.1) is 0 Å². The molecule has 0 spiro atoms. The summed E-state index contributed by atoms with van der Waals surface area (Å²) in [5, 5.41) is 3.22. The molecule has 1 heterocycles. The molecular weight excluding hydrogens is 286 g/mol. The highest BCUT2D eigenvalue weighted by Crippen LogP contribution is 2.19. The predicted molar refractivity (Wildman–Crippen MR) is 95.4 cm³/mol. The molecule has 1 amide bonds. The first-order chi connectivity index (χ1) is 11.1. The quantitative estimate of drug-likeness (QED) is 0.840. The van der Waals surface area contributed by atoms with E-state index in [2.05, 4.69) is 41.3 Å². The van der Waals surface area contributed by atoms with Gasteiger partial charge in [0.25, 0.3) is 0 Å². The van der Waals surface area contributed by atoms with E-state index in [4.69, 9.17) is 0 Å². The van der Waals surface area contributed by atoms with Crippen LogP contribution in [0.15, 0.2) is 30.3 Å². The van der Waals surface area contributed by atoms with Gasteiger partial charge in [0.1, 0.15) is 0 Å². The van der Waals surface area contributed by atoms with Crippen molar-refractivity contribution in [2.45, 2.75) is 44.7 Å². The molecule has 1 aromatic carbocycles. The van der Waals surface area contributed by atoms with Crippen molar-refractivity contribution in [3.8, 4) is 0 Å². The van der Waals surface area contributed by atoms with Crippen LogP contribution in [0.1, 0.15) is 44.2 Å². The molecule has 2 rings (SSSR count). The van der Waals surface area contributed by atoms with E-state index in [-0.39, 0.29) is 11.9 Å². The molecule has 1 atom stereocenters. The molecule has 4 heteroatoms. The Hall–Kier alpha value is -1.39. The third-order valence-corrected chi connectivity index (χ3v) is 4.80. The number of carbonyl (C=O) groups excluding carboxylic acids is 1. The SMILES string of the molecule is CCCC(=O)N[C@@H](CN(C)C1CCN(C)CC1)c1ccccc1. The summed E-state index contributed by atoms with van der Waals surface area (Å²) in [6.07, 6.45) is 3.90. The largest absolute Gasteiger partial charge is 0.348 e. The molecule has 1 aliphatic rings. The number of nitrogens with zero attached hydrogens (tertiary/aromatic N) is 2. The number of amides is 1. The Labute approximate surface area is 140 Å². The summed E-state index contributed by atoms with van der Waals surface area (Å²) in [7, 11) is 4.38. The van der Waals surface area contributed by atoms with Gasteiger partial charge in [0, 0.05) is 19.0 Å². The summed E-state index contributed by atoms with van der Waals surface area (Å²) in [6.45, 7) is 5.23. The number of rotatable bonds is 7. The lowest BCUT2D eigenvalue weighted by atomic mass is 10.0. The van der Waals surface area contributed by atoms with Gasteiger partial charge in [-0.15, -0.1) is 0 Å². The number of benzene rings is 1. The highest BCUT2D eigenvalue weighted by molar-refractivity contribution is 5.76. The zero-order chi connectivity index (χ0) is 16.7. The number of nitrogens with one attached hydrogen (secondary N) is 1. The molecule has 1 aliphatic heterocycles. The molecular formula is C19H31N3O. The molecule has 0 saturated carbocycles. The number of hydrogen-bond donors (Lipinski definition) is 1. The highest BCUT2D eigenvalue weighted by atomic mass is 16.1. The van der Waals surface area contributed by atoms with E-state index in [1.54, 1.807) is 0 Å². The summed E-state index contributed by atoms with van der Waals surface area (Å²) < 4.78 is 0. The maximum absolute atomic E-state index is 12.1. The molecule has 128 valence electrons. The second-order valence-corrected chi connectivity index (χ2v) is 6.75. The molecule has 0 bridgehead atoms. The average Bonchev–Trinajstić information content (AvgIpc) is 2.56. The van der Waals surface area contributed by atoms with Gasteiger partial charge in [0.15, 0.2) is 0 Å². The maximum Gasteiger partial charge on any atom is 0.220 e. The van der Waals surface area contributed by atoms with Crippen molar-refractivity contribution in [2.24, 2.45) is 0 Å². The van der Waals surface area contributed by atoms with E-state index in [1.165, 1.54) is 18.4 Å². The fraction of sp³-hybridized carbons (Fsp3) is 0.632. The van der Waals surface area contributed by atoms with Crippen molar-refractivity contribution in [2.75, 3.05) is 33.7 Å². The van der Waals surface area contributed by atoms with Crippen LogP contribution in [-0.4, -0.2) is 55.5 Å². The molecule has 1 N–H and O–H groups in total. The van der Waals surface area contributed by atoms with Crippen molar-refractivity contribution in [1.82, 2.24) is 15.1 Å². The van der Waals surface area contributed by atoms with Crippen LogP contribution < -0.4 is 5.32 Å². The minimum Gasteiger partial charge on any atom is -0.348 e. The van der Waals surface area contributed by atoms with Gasteiger partial charge in [-0.1, -0.05) is 37.3 Å². The first-order valence-electron chi connectivity index (χ1n) is 8.83. The monoisotopic (exact) mass is 317 g/mol. The molecule has 4 nitrogen and oxygen atoms in total. The maximum atomic E-state index is 12.1. The number of likely N-dealkylation sites (tertiary alicyclic amines) is 1. The number of likely N-dealkylation sites (N-methyl/N-ethyl adjacent to an activating group) is 1. The van der Waals surface area contributed by atoms with Crippen LogP contribution in [0.4, 0.5) is 0 Å². The zero-order valence-electron chi connectivity index (χ0n) is 14.8. The van der Waals surface area contributed by atoms with Gasteiger partial charge in [0.2, 0.25) is 5.91 Å². The third-order valence-electron chi connectivity index (χ3n) is 4.80. The number of carbonyl (C=O) groups is 1. The van der Waals surface area contributed by atoms with Crippen molar-refractivity contribution < 1.29 is 4.79 Å². The van der Waals surface area contributed by atoms with Crippen LogP contribution in [0.3, 0.4) is 0 Å². The second kappa shape index (κ2) is 9.04. The molecule has 0 radical (unpaired) electrons. The molecule has 0 aliphatic carbocycles. The van der Waals surface area contributed by atoms with Gasteiger partial charge in [0.05, 0.1) is 6.04 Å². The fourth-order valence-corrected chi connectivity index (χ4v) is 3.29. The Morgan fingerprint density at radius 2 is 1.96 bits per heavy atom. The highest BCUT2D eigenvalue weighted by Gasteiger charge is 2.24. The van der Waals surface area contributed by atoms with Gasteiger partial charge in [-0.05, 0) is 52.0 Å². The van der Waals surface area contributed by atoms with Gasteiger partial charge >= 0.3 is 0 Å². The Morgan fingerprint density at radius 1 is 1.30 bits per heavy atom. The topological polar surface area (TPSA) is 35.6 Å². The van der Waals surface area contributed by atoms with Gasteiger partial charge in [-0.2, -0.15) is 0 Å². The molecule has 1 aromatic rings. The number of piperidine rings is 1. The van der Waals surface area contributed by atoms with Crippen LogP contribution in [0.25, 0.3) is 0 Å². The lowest BCUT2D eigenvalue weighted by molar-refractivity contribution is -0.122. The first kappa shape index (κ1) is 18.0. The van der Waals surface area contributed by atoms with E-state index in [1.807, 2.05) is 25.1 Å². The Balaban J connectivity index is 2.00. The van der Waals surface area contributed by atoms with E-state index in [0.29, 0.717) is 12.5 Å². The van der Waals surface area contributed by atoms with Crippen LogP contribution in [0.2, 0.25) is 0 Å². The normalized spacial score (nSPS) is 18.1. The minimum absolute atomic E-state index is 0.0694. The van der Waals surface area contributed by atoms with Crippen molar-refractivity contribution in [3.63, 3.8) is 0 Å². The summed E-state index contributed by atoms with van der Waals surface area (Å²) in [5.74, 6) is 0.151. The zero-order valence-corrected chi connectivity index (χ0v) is 14.8. The van der Waals surface area contributed by atoms with Crippen LogP contribution in [0.5, 0.6) is 0 Å². The van der Waals surface area contributed by atoms with Crippen molar-refractivity contribution in [3.05, 3.63) is 35.9 Å². The van der Waals surface area contributed by atoms with E-state index in [9.17, 15) is 4.79 Å². The third kappa shape index (κ3) is 5.63. The van der Waals surface area contributed by atoms with E-state index in [0.717, 1.165) is 26.1 Å². The summed E-state index contributed by atoms with van der Waals surface area (Å²) in [5.41, 5.74) is 1.19. The lowest BCUT2D eigenvalue weighted by Crippen LogP contribution is -2.45. The predicted octanol–water partition coefficient (Wildman–Crippen LogP) is 2.67. The summed E-state index contributed by atoms with van der Waals surface area (Å²) in [4.78, 5) is 16.9. The smallest absolute Gasteiger partial charge is 0.220 e. The van der Waals surface area contributed by atoms with Crippen LogP contribution in [-0.2, 0) is 4.79 Å². The Kier molecular flexibility index (Phi) is 7.06. The Bertz CT molecular complexity index is 469. The average molecular weight is 317 g/mol. The van der Waals surface area contributed by atoms with Crippen molar-refractivity contribution in [1.29, 1.82) is 0 Å². The van der Waals surface area contributed by atoms with Crippen LogP contribution >= 0.6 is 0 Å². The van der Waals surface area contributed by atoms with Gasteiger partial charge < -0.3 is 15.1 Å². The summed E-state index contributed by atoms with van der Waals surface area (Å²) in [6, 6.07) is 11.0.